The van der Waals surface area contributed by atoms with Gasteiger partial charge in [-0.2, -0.15) is 5.10 Å². The van der Waals surface area contributed by atoms with Crippen molar-refractivity contribution in [3.63, 3.8) is 0 Å². The van der Waals surface area contributed by atoms with E-state index in [0.29, 0.717) is 47.3 Å². The van der Waals surface area contributed by atoms with Gasteiger partial charge in [-0.1, -0.05) is 208 Å². The summed E-state index contributed by atoms with van der Waals surface area (Å²) in [5, 5.41) is 28.9. The van der Waals surface area contributed by atoms with Crippen LogP contribution in [0.1, 0.15) is 206 Å². The van der Waals surface area contributed by atoms with E-state index >= 15 is 0 Å². The van der Waals surface area contributed by atoms with Crippen LogP contribution in [0.25, 0.3) is 198 Å². The van der Waals surface area contributed by atoms with Crippen molar-refractivity contribution in [1.82, 2.24) is 65.0 Å². The second-order valence-electron chi connectivity index (χ2n) is 38.3. The summed E-state index contributed by atoms with van der Waals surface area (Å²) in [5.74, 6) is 7.36. The van der Waals surface area contributed by atoms with Crippen LogP contribution in [-0.2, 0) is 0 Å². The molecule has 0 atom stereocenters. The molecular formula is C113H107N17O2. The molecule has 0 fully saturated rings. The number of H-pyrrole nitrogens is 6. The highest BCUT2D eigenvalue weighted by atomic mass is 16.3. The van der Waals surface area contributed by atoms with Gasteiger partial charge in [0.25, 0.3) is 0 Å². The molecule has 4 aliphatic rings. The highest BCUT2D eigenvalue weighted by Crippen LogP contribution is 2.46. The maximum absolute atomic E-state index is 6.02. The maximum Gasteiger partial charge on any atom is 0.182 e. The Bertz CT molecular complexity index is 7350. The zero-order valence-electron chi connectivity index (χ0n) is 77.5. The van der Waals surface area contributed by atoms with Gasteiger partial charge in [-0.25, -0.2) is 29.9 Å². The molecule has 0 amide bonds. The Hall–Kier alpha value is -14.9. The third-order valence-electron chi connectivity index (χ3n) is 26.9. The number of aromatic amines is 6. The summed E-state index contributed by atoms with van der Waals surface area (Å²) in [6.07, 6.45) is 26.6. The summed E-state index contributed by atoms with van der Waals surface area (Å²) in [6.45, 7) is 34.8. The second-order valence-corrected chi connectivity index (χ2v) is 38.3. The molecule has 12 heterocycles. The fourth-order valence-corrected chi connectivity index (χ4v) is 19.1. The lowest BCUT2D eigenvalue weighted by molar-refractivity contribution is 0.605. The monoisotopic (exact) mass is 1730 g/mol. The first-order valence-electron chi connectivity index (χ1n) is 46.5. The molecule has 656 valence electrons. The molecule has 12 aromatic carbocycles. The van der Waals surface area contributed by atoms with Gasteiger partial charge in [-0.05, 0) is 177 Å². The number of imidazole rings is 5. The number of benzene rings is 12. The number of rotatable bonds is 16. The van der Waals surface area contributed by atoms with Crippen LogP contribution in [0.5, 0.6) is 0 Å². The molecule has 0 spiro atoms. The van der Waals surface area contributed by atoms with Crippen LogP contribution in [0.2, 0.25) is 0 Å². The molecule has 20 aromatic rings. The molecule has 0 radical (unpaired) electrons. The Morgan fingerprint density at radius 2 is 0.576 bits per heavy atom. The number of fused-ring (bicyclic) bond motifs is 24. The van der Waals surface area contributed by atoms with Crippen LogP contribution in [0, 0.1) is 23.7 Å². The lowest BCUT2D eigenvalue weighted by atomic mass is 9.92. The summed E-state index contributed by atoms with van der Waals surface area (Å²) in [5.41, 5.74) is 29.4. The lowest BCUT2D eigenvalue weighted by Gasteiger charge is -2.11. The van der Waals surface area contributed by atoms with Crippen molar-refractivity contribution in [2.45, 2.75) is 160 Å². The lowest BCUT2D eigenvalue weighted by Crippen LogP contribution is -2.04. The summed E-state index contributed by atoms with van der Waals surface area (Å²) in [7, 11) is 0. The minimum absolute atomic E-state index is 0.357. The van der Waals surface area contributed by atoms with Crippen LogP contribution in [0.4, 0.5) is 0 Å². The standard InChI is InChI=1S/C29H27N3O.2C28H27N5.C28H26N4O/c1-16(2)26-13-20(14-30-26)18-5-7-21-22-8-6-19(27-15-31-29(32-27)17(3)4)12-25(22)28-23(9-10-33-28)24(21)11-18;1-15(2)25-11-19(12-29-25)17-5-7-20-21-8-6-18(26-14-30-28(32-26)16(3)4)10-23(21)27-24(13-31-33-27)22(20)9-17;1-15(2)24-11-19(12-29-24)17-5-7-20-21-8-6-18(25-13-30-28(33-25)16(3)4)10-23(21)27-26(22(20)9-17)31-14-32-27;1-15(2)24-11-19(12-29-24)17-5-7-20-21-8-6-18(25-13-30-28(32-25)16(3)4)10-23(21)27-26(22(20)9-17)31-14-33-27/h5-12,14-17H,13H2,1-4H3,(H,31,32);5-10,12-16H,11H2,1-4H3,(H,30,32)(H,31,33);5-10,12-16H,11H2,1-4H3,(H,30,33)(H,31,32);5-10,12-16H,11H2,1-4H3,(H,30,32). The number of nitrogens with one attached hydrogen (secondary N) is 6. The zero-order valence-corrected chi connectivity index (χ0v) is 77.5. The first-order chi connectivity index (χ1) is 64.0. The number of aliphatic imine (C=N–C) groups is 4. The number of allylic oxidation sites excluding steroid dienone is 4. The molecule has 0 saturated heterocycles. The smallest absolute Gasteiger partial charge is 0.182 e. The van der Waals surface area contributed by atoms with Crippen LogP contribution in [0.3, 0.4) is 0 Å². The summed E-state index contributed by atoms with van der Waals surface area (Å²) < 4.78 is 11.9. The Morgan fingerprint density at radius 1 is 0.258 bits per heavy atom. The number of aromatic nitrogens is 13. The first-order valence-corrected chi connectivity index (χ1v) is 46.5. The molecule has 19 heteroatoms. The van der Waals surface area contributed by atoms with Gasteiger partial charge < -0.3 is 33.8 Å². The van der Waals surface area contributed by atoms with E-state index in [2.05, 4.69) is 342 Å². The Kier molecular flexibility index (Phi) is 21.6. The molecular weight excluding hydrogens is 1630 g/mol. The highest BCUT2D eigenvalue weighted by Gasteiger charge is 2.26. The fourth-order valence-electron chi connectivity index (χ4n) is 19.1. The predicted molar refractivity (Wildman–Crippen MR) is 549 cm³/mol. The number of hydrogen-bond acceptors (Lipinski definition) is 13. The molecule has 8 aromatic heterocycles. The van der Waals surface area contributed by atoms with E-state index in [-0.39, 0.29) is 0 Å². The SMILES string of the molecule is CC(C)C1=NC=C(c2ccc3c(c2)c2ccoc2c2cc(-c4cnc(C(C)C)[nH]4)ccc32)C1.CC(C)C1=NC=C(c2ccc3c(c2)c2cn[nH]c2c2cc(-c4cnc(C(C)C)[nH]4)ccc32)C1.CC(C)C1=NC=C(c2ccc3c4ccc(-c5cnc(C(C)C)[nH]5)cc4c4nc[nH]c4c3c2)C1.CC(C)C1=NC=C(c2ccc3c4ccc(-c5cnc(C(C)C)[nH]5)cc4c4ocnc4c3c2)C1. The summed E-state index contributed by atoms with van der Waals surface area (Å²) in [4.78, 5) is 63.3. The molecule has 4 aliphatic heterocycles. The van der Waals surface area contributed by atoms with Gasteiger partial charge >= 0.3 is 0 Å². The quantitative estimate of drug-likeness (QED) is 0.0502. The van der Waals surface area contributed by atoms with Gasteiger partial charge in [-0.15, -0.1) is 0 Å². The van der Waals surface area contributed by atoms with Crippen molar-refractivity contribution < 1.29 is 8.83 Å². The van der Waals surface area contributed by atoms with Crippen LogP contribution < -0.4 is 0 Å². The largest absolute Gasteiger partial charge is 0.464 e. The molecule has 0 aliphatic carbocycles. The topological polar surface area (TPSA) is 261 Å². The van der Waals surface area contributed by atoms with Crippen molar-refractivity contribution in [1.29, 1.82) is 0 Å². The molecule has 19 nitrogen and oxygen atoms in total. The average molecular weight is 1740 g/mol. The molecule has 0 unspecified atom stereocenters. The van der Waals surface area contributed by atoms with E-state index in [1.807, 2.05) is 55.8 Å². The summed E-state index contributed by atoms with van der Waals surface area (Å²) >= 11 is 0. The highest BCUT2D eigenvalue weighted by molar-refractivity contribution is 6.28. The van der Waals surface area contributed by atoms with E-state index in [0.717, 1.165) is 165 Å². The molecule has 6 N–H and O–H groups in total. The van der Waals surface area contributed by atoms with Gasteiger partial charge in [0.2, 0.25) is 0 Å². The number of hydrogen-bond donors (Lipinski definition) is 6. The third kappa shape index (κ3) is 15.3. The molecule has 132 heavy (non-hydrogen) atoms. The van der Waals surface area contributed by atoms with E-state index in [1.54, 1.807) is 19.0 Å². The summed E-state index contributed by atoms with van der Waals surface area (Å²) in [6, 6.07) is 55.4. The van der Waals surface area contributed by atoms with Crippen molar-refractivity contribution in [3.8, 4) is 45.0 Å². The Labute approximate surface area is 765 Å². The van der Waals surface area contributed by atoms with E-state index in [9.17, 15) is 0 Å². The number of furan rings is 1. The van der Waals surface area contributed by atoms with Gasteiger partial charge in [-0.3, -0.25) is 25.1 Å². The fraction of sp³-hybridized carbons (Fsp3) is 0.248. The van der Waals surface area contributed by atoms with Crippen molar-refractivity contribution in [2.75, 3.05) is 0 Å². The van der Waals surface area contributed by atoms with E-state index in [1.165, 1.54) is 127 Å². The second kappa shape index (κ2) is 33.9. The molecule has 24 rings (SSSR count). The van der Waals surface area contributed by atoms with E-state index in [4.69, 9.17) is 13.8 Å². The predicted octanol–water partition coefficient (Wildman–Crippen LogP) is 30.0. The van der Waals surface area contributed by atoms with Gasteiger partial charge in [0.1, 0.15) is 34.4 Å². The first kappa shape index (κ1) is 84.0. The van der Waals surface area contributed by atoms with Crippen LogP contribution in [-0.4, -0.2) is 87.9 Å². The zero-order chi connectivity index (χ0) is 90.8. The Balaban J connectivity index is 0.000000106. The minimum Gasteiger partial charge on any atom is -0.464 e. The Morgan fingerprint density at radius 3 is 0.962 bits per heavy atom. The van der Waals surface area contributed by atoms with Crippen molar-refractivity contribution in [3.05, 3.63) is 272 Å². The van der Waals surface area contributed by atoms with Crippen molar-refractivity contribution >= 4 is 175 Å². The van der Waals surface area contributed by atoms with Gasteiger partial charge in [0.15, 0.2) is 12.0 Å². The minimum atomic E-state index is 0.357. The number of nitrogens with zero attached hydrogens (tertiary/aromatic N) is 11. The molecule has 0 bridgehead atoms. The van der Waals surface area contributed by atoms with Crippen LogP contribution in [0.15, 0.2) is 255 Å². The van der Waals surface area contributed by atoms with Crippen molar-refractivity contribution in [2.24, 2.45) is 43.6 Å². The number of oxazole rings is 1. The maximum atomic E-state index is 6.02. The van der Waals surface area contributed by atoms with Gasteiger partial charge in [0, 0.05) is 162 Å². The molecule has 0 saturated carbocycles. The third-order valence-corrected chi connectivity index (χ3v) is 26.9. The van der Waals surface area contributed by atoms with E-state index < -0.39 is 0 Å². The average Bonchev–Trinajstić information content (AvgIpc) is 1.46. The van der Waals surface area contributed by atoms with Crippen LogP contribution >= 0.6 is 0 Å². The normalized spacial score (nSPS) is 14.2. The van der Waals surface area contributed by atoms with Gasteiger partial charge in [0.05, 0.1) is 82.9 Å².